The van der Waals surface area contributed by atoms with Crippen molar-refractivity contribution in [1.29, 1.82) is 0 Å². The maximum atomic E-state index is 13.4. The van der Waals surface area contributed by atoms with Gasteiger partial charge in [0.1, 0.15) is 17.8 Å². The Morgan fingerprint density at radius 3 is 2.34 bits per heavy atom. The molecule has 1 atom stereocenters. The lowest BCUT2D eigenvalue weighted by Gasteiger charge is -2.35. The van der Waals surface area contributed by atoms with Crippen molar-refractivity contribution in [3.8, 4) is 16.9 Å². The fourth-order valence-corrected chi connectivity index (χ4v) is 8.10. The third-order valence-electron chi connectivity index (χ3n) is 11.0. The van der Waals surface area contributed by atoms with Crippen LogP contribution in [0.4, 0.5) is 11.4 Å². The third kappa shape index (κ3) is 9.11. The van der Waals surface area contributed by atoms with E-state index in [0.29, 0.717) is 35.1 Å². The first-order chi connectivity index (χ1) is 25.7. The maximum absolute atomic E-state index is 13.4. The largest absolute Gasteiger partial charge is 0.496 e. The number of pyridine rings is 1. The quantitative estimate of drug-likeness (QED) is 0.149. The van der Waals surface area contributed by atoms with E-state index in [1.807, 2.05) is 66.9 Å². The van der Waals surface area contributed by atoms with Crippen molar-refractivity contribution in [3.63, 3.8) is 0 Å². The number of Topliss-reactive ketones (excluding diaryl/α,β-unsaturated/α-hetero) is 1. The van der Waals surface area contributed by atoms with E-state index in [1.54, 1.807) is 25.8 Å². The summed E-state index contributed by atoms with van der Waals surface area (Å²) in [6.45, 7) is 3.92. The van der Waals surface area contributed by atoms with Gasteiger partial charge in [-0.1, -0.05) is 29.8 Å². The molecule has 0 saturated carbocycles. The minimum absolute atomic E-state index is 0.0334. The van der Waals surface area contributed by atoms with E-state index in [0.717, 1.165) is 104 Å². The molecule has 1 unspecified atom stereocenters. The number of hydrogen-bond acceptors (Lipinski definition) is 8. The number of hydrogen-bond donors (Lipinski definition) is 2. The Hall–Kier alpha value is -4.67. The highest BCUT2D eigenvalue weighted by Crippen LogP contribution is 2.38. The van der Waals surface area contributed by atoms with Crippen molar-refractivity contribution in [2.24, 2.45) is 18.9 Å². The zero-order valence-electron chi connectivity index (χ0n) is 30.9. The Kier molecular flexibility index (Phi) is 12.5. The molecule has 0 aliphatic carbocycles. The second kappa shape index (κ2) is 17.4. The number of nitrogens with zero attached hydrogens (tertiary/aromatic N) is 3. The summed E-state index contributed by atoms with van der Waals surface area (Å²) < 4.78 is 7.49. The summed E-state index contributed by atoms with van der Waals surface area (Å²) in [5.74, 6) is 1.52. The topological polar surface area (TPSA) is 113 Å². The molecule has 53 heavy (non-hydrogen) atoms. The van der Waals surface area contributed by atoms with Crippen LogP contribution in [0.2, 0.25) is 5.02 Å². The fourth-order valence-electron chi connectivity index (χ4n) is 7.81. The van der Waals surface area contributed by atoms with E-state index in [4.69, 9.17) is 16.3 Å². The standard InChI is InChI=1S/C42H50ClN5O5/c1-44-41(51)13-10-32(27-49)45-31-8-11-33(12-9-31)48-20-16-29(17-21-48)39(50)26-47-18-14-28(15-19-47)22-36-38(43)23-30(24-40(36)53-3)37-25-46(2)42(52)35-7-5-4-6-34(35)37/h4-9,11-12,23-25,27-29,32,45H,10,13-22,26H2,1-3H3,(H,44,51). The van der Waals surface area contributed by atoms with Crippen molar-refractivity contribution in [2.75, 3.05) is 57.1 Å². The number of nitrogens with one attached hydrogen (secondary N) is 2. The number of aldehydes is 1. The van der Waals surface area contributed by atoms with Gasteiger partial charge in [-0.2, -0.15) is 0 Å². The van der Waals surface area contributed by atoms with Gasteiger partial charge < -0.3 is 29.6 Å². The number of anilines is 2. The number of ether oxygens (including phenoxy) is 1. The van der Waals surface area contributed by atoms with Gasteiger partial charge in [0.2, 0.25) is 5.91 Å². The van der Waals surface area contributed by atoms with E-state index in [9.17, 15) is 19.2 Å². The molecule has 2 aliphatic rings. The van der Waals surface area contributed by atoms with E-state index in [1.165, 1.54) is 0 Å². The Balaban J connectivity index is 0.977. The smallest absolute Gasteiger partial charge is 0.258 e. The number of carbonyl (C=O) groups excluding carboxylic acids is 3. The van der Waals surface area contributed by atoms with Crippen LogP contribution < -0.4 is 25.8 Å². The van der Waals surface area contributed by atoms with Gasteiger partial charge >= 0.3 is 0 Å². The SMILES string of the molecule is CNC(=O)CCC(C=O)Nc1ccc(N2CCC(C(=O)CN3CCC(Cc4c(Cl)cc(-c5cn(C)c(=O)c6ccccc56)cc4OC)CC3)CC2)cc1. The maximum Gasteiger partial charge on any atom is 0.258 e. The molecule has 3 heterocycles. The number of halogens is 1. The van der Waals surface area contributed by atoms with Crippen LogP contribution in [0.15, 0.2) is 71.7 Å². The lowest BCUT2D eigenvalue weighted by atomic mass is 9.88. The van der Waals surface area contributed by atoms with Gasteiger partial charge in [0, 0.05) is 78.6 Å². The highest BCUT2D eigenvalue weighted by Gasteiger charge is 2.29. The normalized spacial score (nSPS) is 16.3. The van der Waals surface area contributed by atoms with Crippen molar-refractivity contribution in [1.82, 2.24) is 14.8 Å². The number of piperidine rings is 2. The number of ketones is 1. The van der Waals surface area contributed by atoms with Gasteiger partial charge in [0.05, 0.1) is 19.7 Å². The zero-order valence-corrected chi connectivity index (χ0v) is 31.7. The predicted octanol–water partition coefficient (Wildman–Crippen LogP) is 6.11. The number of benzene rings is 3. The molecule has 1 amide bonds. The number of aryl methyl sites for hydroxylation is 1. The summed E-state index contributed by atoms with van der Waals surface area (Å²) in [7, 11) is 5.03. The molecular formula is C42H50ClN5O5. The highest BCUT2D eigenvalue weighted by atomic mass is 35.5. The van der Waals surface area contributed by atoms with Gasteiger partial charge in [0.25, 0.3) is 5.56 Å². The molecule has 6 rings (SSSR count). The van der Waals surface area contributed by atoms with Crippen LogP contribution in [0.5, 0.6) is 5.75 Å². The van der Waals surface area contributed by atoms with Crippen molar-refractivity contribution in [3.05, 3.63) is 87.8 Å². The van der Waals surface area contributed by atoms with Crippen LogP contribution in [0.1, 0.15) is 44.1 Å². The van der Waals surface area contributed by atoms with Gasteiger partial charge in [-0.3, -0.25) is 19.3 Å². The van der Waals surface area contributed by atoms with E-state index in [-0.39, 0.29) is 23.8 Å². The first-order valence-electron chi connectivity index (χ1n) is 18.6. The summed E-state index contributed by atoms with van der Waals surface area (Å²) in [6, 6.07) is 19.2. The molecule has 0 spiro atoms. The average Bonchev–Trinajstić information content (AvgIpc) is 3.19. The van der Waals surface area contributed by atoms with Crippen LogP contribution in [0.25, 0.3) is 21.9 Å². The molecule has 3 aromatic carbocycles. The van der Waals surface area contributed by atoms with Gasteiger partial charge in [0.15, 0.2) is 0 Å². The fraction of sp³-hybridized carbons (Fsp3) is 0.429. The molecule has 11 heteroatoms. The third-order valence-corrected chi connectivity index (χ3v) is 11.4. The summed E-state index contributed by atoms with van der Waals surface area (Å²) in [6.07, 6.45) is 7.89. The minimum Gasteiger partial charge on any atom is -0.496 e. The van der Waals surface area contributed by atoms with Crippen LogP contribution in [0, 0.1) is 11.8 Å². The number of likely N-dealkylation sites (tertiary alicyclic amines) is 1. The molecule has 2 aliphatic heterocycles. The molecule has 2 saturated heterocycles. The van der Waals surface area contributed by atoms with Gasteiger partial charge in [-0.25, -0.2) is 0 Å². The molecule has 1 aromatic heterocycles. The number of rotatable bonds is 14. The zero-order chi connectivity index (χ0) is 37.5. The Labute approximate surface area is 316 Å². The molecule has 0 bridgehead atoms. The number of aromatic nitrogens is 1. The Morgan fingerprint density at radius 1 is 0.981 bits per heavy atom. The number of fused-ring (bicyclic) bond motifs is 1. The molecule has 2 fully saturated rings. The average molecular weight is 740 g/mol. The minimum atomic E-state index is -0.424. The van der Waals surface area contributed by atoms with Crippen molar-refractivity contribution < 1.29 is 19.1 Å². The first-order valence-corrected chi connectivity index (χ1v) is 19.0. The summed E-state index contributed by atoms with van der Waals surface area (Å²) in [4.78, 5) is 53.8. The molecule has 2 N–H and O–H groups in total. The summed E-state index contributed by atoms with van der Waals surface area (Å²) in [5, 5.41) is 8.00. The molecule has 10 nitrogen and oxygen atoms in total. The van der Waals surface area contributed by atoms with E-state index >= 15 is 0 Å². The van der Waals surface area contributed by atoms with E-state index < -0.39 is 6.04 Å². The second-order valence-corrected chi connectivity index (χ2v) is 14.8. The lowest BCUT2D eigenvalue weighted by Crippen LogP contribution is -2.42. The molecule has 280 valence electrons. The van der Waals surface area contributed by atoms with Gasteiger partial charge in [-0.05, 0) is 111 Å². The van der Waals surface area contributed by atoms with Crippen LogP contribution in [-0.4, -0.2) is 80.4 Å². The van der Waals surface area contributed by atoms with Crippen LogP contribution in [-0.2, 0) is 27.9 Å². The number of amides is 1. The Morgan fingerprint density at radius 2 is 1.68 bits per heavy atom. The van der Waals surface area contributed by atoms with Crippen molar-refractivity contribution in [2.45, 2.75) is 51.0 Å². The van der Waals surface area contributed by atoms with Crippen molar-refractivity contribution >= 4 is 51.7 Å². The lowest BCUT2D eigenvalue weighted by molar-refractivity contribution is -0.125. The van der Waals surface area contributed by atoms with Crippen LogP contribution >= 0.6 is 11.6 Å². The monoisotopic (exact) mass is 739 g/mol. The van der Waals surface area contributed by atoms with Crippen LogP contribution in [0.3, 0.4) is 0 Å². The molecule has 0 radical (unpaired) electrons. The van der Waals surface area contributed by atoms with Gasteiger partial charge in [-0.15, -0.1) is 0 Å². The molecular weight excluding hydrogens is 690 g/mol. The highest BCUT2D eigenvalue weighted by molar-refractivity contribution is 6.32. The first kappa shape index (κ1) is 38.1. The summed E-state index contributed by atoms with van der Waals surface area (Å²) in [5.41, 5.74) is 4.75. The Bertz CT molecular complexity index is 1980. The predicted molar refractivity (Wildman–Crippen MR) is 212 cm³/mol. The summed E-state index contributed by atoms with van der Waals surface area (Å²) >= 11 is 6.96. The number of methoxy groups -OCH3 is 1. The second-order valence-electron chi connectivity index (χ2n) is 14.4. The van der Waals surface area contributed by atoms with E-state index in [2.05, 4.69) is 20.4 Å². The molecule has 4 aromatic rings. The number of carbonyl (C=O) groups is 3.